The zero-order chi connectivity index (χ0) is 14.9. The van der Waals surface area contributed by atoms with Gasteiger partial charge >= 0.3 is 0 Å². The lowest BCUT2D eigenvalue weighted by molar-refractivity contribution is 0.00744. The third-order valence-electron chi connectivity index (χ3n) is 4.58. The van der Waals surface area contributed by atoms with Gasteiger partial charge in [-0.25, -0.2) is 4.39 Å². The van der Waals surface area contributed by atoms with Crippen LogP contribution in [0.1, 0.15) is 45.2 Å². The van der Waals surface area contributed by atoms with Crippen LogP contribution in [0, 0.1) is 5.92 Å². The summed E-state index contributed by atoms with van der Waals surface area (Å²) < 4.78 is 14.6. The van der Waals surface area contributed by atoms with Crippen LogP contribution < -0.4 is 0 Å². The summed E-state index contributed by atoms with van der Waals surface area (Å²) in [5.74, 6) is 0.0839. The number of benzene rings is 1. The first-order chi connectivity index (χ1) is 9.32. The largest absolute Gasteiger partial charge is 0.296 e. The molecule has 1 aliphatic heterocycles. The number of rotatable bonds is 3. The Hall–Kier alpha value is -0.310. The molecule has 0 saturated carbocycles. The van der Waals surface area contributed by atoms with E-state index in [2.05, 4.69) is 11.8 Å². The van der Waals surface area contributed by atoms with E-state index in [0.717, 1.165) is 18.7 Å². The molecule has 1 unspecified atom stereocenters. The van der Waals surface area contributed by atoms with E-state index in [1.807, 2.05) is 26.0 Å². The summed E-state index contributed by atoms with van der Waals surface area (Å²) in [6.07, 6.45) is 1.20. The van der Waals surface area contributed by atoms with Gasteiger partial charge in [0, 0.05) is 29.2 Å². The Kier molecular flexibility index (Phi) is 4.99. The highest BCUT2D eigenvalue weighted by Crippen LogP contribution is 2.37. The highest BCUT2D eigenvalue weighted by Gasteiger charge is 2.38. The first-order valence-corrected chi connectivity index (χ1v) is 7.96. The molecule has 0 radical (unpaired) electrons. The maximum absolute atomic E-state index is 14.6. The minimum atomic E-state index is -1.01. The molecule has 0 N–H and O–H groups in total. The van der Waals surface area contributed by atoms with Crippen molar-refractivity contribution in [3.63, 3.8) is 0 Å². The minimum Gasteiger partial charge on any atom is -0.296 e. The number of hydrogen-bond acceptors (Lipinski definition) is 1. The zero-order valence-corrected chi connectivity index (χ0v) is 13.8. The fourth-order valence-corrected chi connectivity index (χ4v) is 3.43. The van der Waals surface area contributed by atoms with Crippen LogP contribution in [0.2, 0.25) is 10.0 Å². The van der Waals surface area contributed by atoms with Crippen LogP contribution in [0.5, 0.6) is 0 Å². The smallest absolute Gasteiger partial charge is 0.115 e. The quantitative estimate of drug-likeness (QED) is 0.710. The number of nitrogens with zero attached hydrogens (tertiary/aromatic N) is 1. The van der Waals surface area contributed by atoms with Crippen molar-refractivity contribution in [1.29, 1.82) is 0 Å². The average Bonchev–Trinajstić information content (AvgIpc) is 2.37. The van der Waals surface area contributed by atoms with Gasteiger partial charge in [-0.3, -0.25) is 4.90 Å². The summed E-state index contributed by atoms with van der Waals surface area (Å²) in [4.78, 5) is 2.31. The minimum absolute atomic E-state index is 0.0839. The summed E-state index contributed by atoms with van der Waals surface area (Å²) in [5, 5.41) is 1.30. The average molecular weight is 318 g/mol. The Morgan fingerprint density at radius 2 is 1.55 bits per heavy atom. The van der Waals surface area contributed by atoms with Crippen LogP contribution in [-0.2, 0) is 0 Å². The fourth-order valence-electron chi connectivity index (χ4n) is 2.89. The van der Waals surface area contributed by atoms with Gasteiger partial charge in [0.25, 0.3) is 0 Å². The SMILES string of the molecule is CC(c1cc(Cl)cc(Cl)c1)N1CCC(F)(C(C)C)CC1. The molecule has 112 valence electrons. The van der Waals surface area contributed by atoms with E-state index >= 15 is 0 Å². The van der Waals surface area contributed by atoms with Gasteiger partial charge in [-0.1, -0.05) is 37.0 Å². The lowest BCUT2D eigenvalue weighted by Crippen LogP contribution is -2.45. The summed E-state index contributed by atoms with van der Waals surface area (Å²) in [5.41, 5.74) is 0.0840. The van der Waals surface area contributed by atoms with Gasteiger partial charge in [-0.15, -0.1) is 0 Å². The molecule has 1 heterocycles. The zero-order valence-electron chi connectivity index (χ0n) is 12.3. The van der Waals surface area contributed by atoms with E-state index in [4.69, 9.17) is 23.2 Å². The van der Waals surface area contributed by atoms with Gasteiger partial charge in [0.15, 0.2) is 0 Å². The molecule has 20 heavy (non-hydrogen) atoms. The molecule has 0 bridgehead atoms. The van der Waals surface area contributed by atoms with Crippen LogP contribution >= 0.6 is 23.2 Å². The van der Waals surface area contributed by atoms with Crippen molar-refractivity contribution in [3.8, 4) is 0 Å². The molecule has 2 rings (SSSR count). The molecule has 0 aliphatic carbocycles. The molecular weight excluding hydrogens is 296 g/mol. The molecule has 1 aliphatic rings. The van der Waals surface area contributed by atoms with Crippen molar-refractivity contribution in [1.82, 2.24) is 4.90 Å². The standard InChI is InChI=1S/C16H22Cl2FN/c1-11(2)16(19)4-6-20(7-5-16)12(3)13-8-14(17)10-15(18)9-13/h8-12H,4-7H2,1-3H3. The van der Waals surface area contributed by atoms with Crippen LogP contribution in [0.4, 0.5) is 4.39 Å². The molecule has 1 fully saturated rings. The van der Waals surface area contributed by atoms with E-state index in [1.165, 1.54) is 0 Å². The number of hydrogen-bond donors (Lipinski definition) is 0. The Labute approximate surface area is 131 Å². The maximum Gasteiger partial charge on any atom is 0.115 e. The predicted octanol–water partition coefficient (Wildman–Crippen LogP) is 5.51. The van der Waals surface area contributed by atoms with E-state index in [0.29, 0.717) is 22.9 Å². The fraction of sp³-hybridized carbons (Fsp3) is 0.625. The molecule has 1 aromatic rings. The monoisotopic (exact) mass is 317 g/mol. The Bertz CT molecular complexity index is 447. The lowest BCUT2D eigenvalue weighted by Gasteiger charge is -2.41. The molecule has 1 nitrogen and oxygen atoms in total. The van der Waals surface area contributed by atoms with Crippen molar-refractivity contribution in [2.24, 2.45) is 5.92 Å². The lowest BCUT2D eigenvalue weighted by atomic mass is 9.83. The summed E-state index contributed by atoms with van der Waals surface area (Å²) in [6, 6.07) is 5.83. The van der Waals surface area contributed by atoms with Gasteiger partial charge in [0.05, 0.1) is 0 Å². The highest BCUT2D eigenvalue weighted by molar-refractivity contribution is 6.34. The van der Waals surface area contributed by atoms with E-state index in [-0.39, 0.29) is 12.0 Å². The van der Waals surface area contributed by atoms with Gasteiger partial charge in [-0.05, 0) is 49.4 Å². The first-order valence-electron chi connectivity index (χ1n) is 7.21. The predicted molar refractivity (Wildman–Crippen MR) is 84.4 cm³/mol. The van der Waals surface area contributed by atoms with Gasteiger partial charge < -0.3 is 0 Å². The Morgan fingerprint density at radius 3 is 2.00 bits per heavy atom. The summed E-state index contributed by atoms with van der Waals surface area (Å²) >= 11 is 12.1. The molecule has 0 amide bonds. The maximum atomic E-state index is 14.6. The van der Waals surface area contributed by atoms with E-state index in [9.17, 15) is 4.39 Å². The molecule has 0 aromatic heterocycles. The Morgan fingerprint density at radius 1 is 1.05 bits per heavy atom. The molecule has 1 aromatic carbocycles. The molecule has 1 atom stereocenters. The number of halogens is 3. The molecule has 0 spiro atoms. The van der Waals surface area contributed by atoms with Crippen LogP contribution in [0.15, 0.2) is 18.2 Å². The second kappa shape index (κ2) is 6.21. The van der Waals surface area contributed by atoms with Gasteiger partial charge in [-0.2, -0.15) is 0 Å². The van der Waals surface area contributed by atoms with Crippen molar-refractivity contribution < 1.29 is 4.39 Å². The highest BCUT2D eigenvalue weighted by atomic mass is 35.5. The summed E-state index contributed by atoms with van der Waals surface area (Å²) in [7, 11) is 0. The molecule has 4 heteroatoms. The van der Waals surface area contributed by atoms with Gasteiger partial charge in [0.1, 0.15) is 5.67 Å². The third-order valence-corrected chi connectivity index (χ3v) is 5.02. The van der Waals surface area contributed by atoms with Crippen LogP contribution in [0.25, 0.3) is 0 Å². The Balaban J connectivity index is 2.06. The second-order valence-electron chi connectivity index (χ2n) is 6.10. The summed E-state index contributed by atoms with van der Waals surface area (Å²) in [6.45, 7) is 7.62. The number of alkyl halides is 1. The molecule has 1 saturated heterocycles. The van der Waals surface area contributed by atoms with Crippen LogP contribution in [0.3, 0.4) is 0 Å². The topological polar surface area (TPSA) is 3.24 Å². The second-order valence-corrected chi connectivity index (χ2v) is 6.98. The van der Waals surface area contributed by atoms with Crippen molar-refractivity contribution in [2.45, 2.75) is 45.3 Å². The van der Waals surface area contributed by atoms with Crippen LogP contribution in [-0.4, -0.2) is 23.7 Å². The first kappa shape index (κ1) is 16.1. The van der Waals surface area contributed by atoms with Crippen molar-refractivity contribution >= 4 is 23.2 Å². The van der Waals surface area contributed by atoms with E-state index in [1.54, 1.807) is 6.07 Å². The number of piperidine rings is 1. The third kappa shape index (κ3) is 3.47. The van der Waals surface area contributed by atoms with E-state index < -0.39 is 5.67 Å². The van der Waals surface area contributed by atoms with Gasteiger partial charge in [0.2, 0.25) is 0 Å². The number of likely N-dealkylation sites (tertiary alicyclic amines) is 1. The normalized spacial score (nSPS) is 21.1. The van der Waals surface area contributed by atoms with Crippen molar-refractivity contribution in [3.05, 3.63) is 33.8 Å². The van der Waals surface area contributed by atoms with Crippen molar-refractivity contribution in [2.75, 3.05) is 13.1 Å². The molecular formula is C16H22Cl2FN.